The second-order valence-corrected chi connectivity index (χ2v) is 2.00. The zero-order chi connectivity index (χ0) is 4.95. The van der Waals surface area contributed by atoms with Crippen molar-refractivity contribution in [2.75, 3.05) is 0 Å². The zero-order valence-electron chi connectivity index (χ0n) is 3.83. The summed E-state index contributed by atoms with van der Waals surface area (Å²) in [6, 6.07) is 0. The van der Waals surface area contributed by atoms with E-state index in [9.17, 15) is 0 Å². The van der Waals surface area contributed by atoms with Crippen LogP contribution in [0.4, 0.5) is 0 Å². The molecule has 0 aliphatic carbocycles. The number of rotatable bonds is 0. The third-order valence-electron chi connectivity index (χ3n) is 0.628. The molecule has 2 radical (unpaired) electrons. The molecule has 1 aliphatic rings. The molecule has 7 heavy (non-hydrogen) atoms. The lowest BCUT2D eigenvalue weighted by molar-refractivity contribution is 1.90. The van der Waals surface area contributed by atoms with Gasteiger partial charge in [-0.2, -0.15) is 0 Å². The minimum Gasteiger partial charge on any atom is -0.325 e. The lowest BCUT2D eigenvalue weighted by atomic mass is 10.5. The summed E-state index contributed by atoms with van der Waals surface area (Å²) in [4.78, 5) is 0. The molecule has 0 amide bonds. The van der Waals surface area contributed by atoms with Crippen molar-refractivity contribution in [1.82, 2.24) is 0 Å². The Morgan fingerprint density at radius 2 is 2.14 bits per heavy atom. The molecular formula is C5H5NSi. The zero-order valence-corrected chi connectivity index (χ0v) is 4.83. The average Bonchev–Trinajstić information content (AvgIpc) is 1.90. The normalized spacial score (nSPS) is 17.1. The molecule has 0 aromatic heterocycles. The molecule has 0 bridgehead atoms. The average molecular weight is 107 g/mol. The van der Waals surface area contributed by atoms with Crippen molar-refractivity contribution in [2.45, 2.75) is 0 Å². The van der Waals surface area contributed by atoms with Crippen LogP contribution in [0.25, 0.3) is 0 Å². The summed E-state index contributed by atoms with van der Waals surface area (Å²) in [7, 11) is 0.621. The summed E-state index contributed by atoms with van der Waals surface area (Å²) in [5.74, 6) is 0. The first kappa shape index (κ1) is 4.52. The summed E-state index contributed by atoms with van der Waals surface area (Å²) in [5, 5.41) is 0. The Hall–Kier alpha value is -0.633. The van der Waals surface area contributed by atoms with Crippen molar-refractivity contribution in [3.8, 4) is 0 Å². The molecule has 0 atom stereocenters. The lowest BCUT2D eigenvalue weighted by Crippen LogP contribution is -1.73. The monoisotopic (exact) mass is 107 g/mol. The quantitative estimate of drug-likeness (QED) is 0.405. The van der Waals surface area contributed by atoms with E-state index in [1.54, 1.807) is 0 Å². The molecule has 2 heteroatoms. The van der Waals surface area contributed by atoms with E-state index in [1.165, 1.54) is 0 Å². The molecule has 1 aliphatic heterocycles. The molecular weight excluding hydrogens is 102 g/mol. The first-order valence-corrected chi connectivity index (χ1v) is 3.13. The fraction of sp³-hybridized carbons (Fsp3) is 0. The van der Waals surface area contributed by atoms with E-state index in [4.69, 9.17) is 0 Å². The Balaban J connectivity index is 2.60. The lowest BCUT2D eigenvalue weighted by Gasteiger charge is -1.67. The Kier molecular flexibility index (Phi) is 1.63. The van der Waals surface area contributed by atoms with Gasteiger partial charge in [0.15, 0.2) is 0 Å². The van der Waals surface area contributed by atoms with E-state index in [1.807, 2.05) is 30.1 Å². The van der Waals surface area contributed by atoms with Gasteiger partial charge in [-0.25, -0.2) is 0 Å². The number of allylic oxidation sites excluding steroid dienone is 3. The molecule has 1 heterocycles. The van der Waals surface area contributed by atoms with Crippen molar-refractivity contribution in [3.63, 3.8) is 0 Å². The van der Waals surface area contributed by atoms with Gasteiger partial charge in [0.25, 0.3) is 0 Å². The van der Waals surface area contributed by atoms with Gasteiger partial charge in [-0.15, -0.1) is 0 Å². The van der Waals surface area contributed by atoms with Gasteiger partial charge >= 0.3 is 0 Å². The Labute approximate surface area is 45.4 Å². The summed E-state index contributed by atoms with van der Waals surface area (Å²) in [5.41, 5.74) is 2.04. The van der Waals surface area contributed by atoms with Gasteiger partial charge in [0, 0.05) is 6.21 Å². The van der Waals surface area contributed by atoms with Crippen molar-refractivity contribution >= 4 is 15.9 Å². The van der Waals surface area contributed by atoms with Gasteiger partial charge in [0.2, 0.25) is 9.68 Å². The van der Waals surface area contributed by atoms with Crippen LogP contribution >= 0.6 is 0 Å². The van der Waals surface area contributed by atoms with Gasteiger partial charge in [0.1, 0.15) is 0 Å². The topological polar surface area (TPSA) is 12.4 Å². The molecule has 0 spiro atoms. The highest BCUT2D eigenvalue weighted by Gasteiger charge is 1.74. The van der Waals surface area contributed by atoms with Crippen LogP contribution in [-0.2, 0) is 0 Å². The fourth-order valence-corrected chi connectivity index (χ4v) is 0.797. The summed E-state index contributed by atoms with van der Waals surface area (Å²) < 4.78 is 4.00. The highest BCUT2D eigenvalue weighted by molar-refractivity contribution is 6.41. The molecule has 0 aromatic carbocycles. The summed E-state index contributed by atoms with van der Waals surface area (Å²) >= 11 is 0. The highest BCUT2D eigenvalue weighted by atomic mass is 28.2. The maximum absolute atomic E-state index is 4.00. The molecule has 0 N–H and O–H groups in total. The first-order valence-electron chi connectivity index (χ1n) is 2.10. The molecule has 0 saturated carbocycles. The van der Waals surface area contributed by atoms with Crippen LogP contribution in [0.2, 0.25) is 0 Å². The number of hydrogen-bond acceptors (Lipinski definition) is 1. The smallest absolute Gasteiger partial charge is 0.240 e. The second kappa shape index (κ2) is 2.52. The number of hydrogen-bond donors (Lipinski definition) is 0. The Morgan fingerprint density at radius 1 is 1.14 bits per heavy atom. The minimum absolute atomic E-state index is 0.621. The molecule has 1 rings (SSSR count). The SMILES string of the molecule is C1=CC=N[Si]C=C1. The molecule has 0 aromatic rings. The van der Waals surface area contributed by atoms with Gasteiger partial charge in [-0.1, -0.05) is 17.9 Å². The van der Waals surface area contributed by atoms with Crippen molar-refractivity contribution < 1.29 is 0 Å². The Bertz CT molecular complexity index is 110. The van der Waals surface area contributed by atoms with Crippen molar-refractivity contribution in [2.24, 2.45) is 4.66 Å². The van der Waals surface area contributed by atoms with Crippen LogP contribution in [0, 0.1) is 0 Å². The van der Waals surface area contributed by atoms with E-state index in [-0.39, 0.29) is 0 Å². The van der Waals surface area contributed by atoms with E-state index in [0.29, 0.717) is 9.68 Å². The fourth-order valence-electron chi connectivity index (χ4n) is 0.342. The first-order chi connectivity index (χ1) is 3.50. The summed E-state index contributed by atoms with van der Waals surface area (Å²) in [6.45, 7) is 0. The van der Waals surface area contributed by atoms with Gasteiger partial charge < -0.3 is 4.66 Å². The van der Waals surface area contributed by atoms with E-state index in [2.05, 4.69) is 4.66 Å². The van der Waals surface area contributed by atoms with Crippen LogP contribution in [-0.4, -0.2) is 15.9 Å². The largest absolute Gasteiger partial charge is 0.325 e. The maximum Gasteiger partial charge on any atom is 0.240 e. The standard InChI is InChI=1S/C5H5NSi/c1-2-4-6-7-5-3-1/h1-5H. The van der Waals surface area contributed by atoms with Crippen LogP contribution in [0.15, 0.2) is 28.6 Å². The van der Waals surface area contributed by atoms with Gasteiger partial charge in [-0.3, -0.25) is 0 Å². The number of nitrogens with zero attached hydrogens (tertiary/aromatic N) is 1. The third kappa shape index (κ3) is 1.50. The predicted molar refractivity (Wildman–Crippen MR) is 32.5 cm³/mol. The Morgan fingerprint density at radius 3 is 3.14 bits per heavy atom. The second-order valence-electron chi connectivity index (χ2n) is 1.15. The van der Waals surface area contributed by atoms with Crippen LogP contribution in [0.3, 0.4) is 0 Å². The van der Waals surface area contributed by atoms with Crippen LogP contribution < -0.4 is 0 Å². The molecule has 0 unspecified atom stereocenters. The van der Waals surface area contributed by atoms with Gasteiger partial charge in [-0.05, 0) is 6.08 Å². The van der Waals surface area contributed by atoms with E-state index in [0.717, 1.165) is 0 Å². The summed E-state index contributed by atoms with van der Waals surface area (Å²) in [6.07, 6.45) is 7.73. The third-order valence-corrected chi connectivity index (χ3v) is 1.27. The van der Waals surface area contributed by atoms with Crippen LogP contribution in [0.1, 0.15) is 0 Å². The minimum atomic E-state index is 0.621. The molecule has 1 nitrogen and oxygen atoms in total. The van der Waals surface area contributed by atoms with Gasteiger partial charge in [0.05, 0.1) is 0 Å². The highest BCUT2D eigenvalue weighted by Crippen LogP contribution is 1.79. The maximum atomic E-state index is 4.00. The predicted octanol–water partition coefficient (Wildman–Crippen LogP) is 0.760. The van der Waals surface area contributed by atoms with Crippen molar-refractivity contribution in [3.05, 3.63) is 23.9 Å². The van der Waals surface area contributed by atoms with Crippen molar-refractivity contribution in [1.29, 1.82) is 0 Å². The molecule has 0 saturated heterocycles. The van der Waals surface area contributed by atoms with E-state index < -0.39 is 0 Å². The van der Waals surface area contributed by atoms with Crippen LogP contribution in [0.5, 0.6) is 0 Å². The molecule has 0 fully saturated rings. The molecule has 34 valence electrons. The van der Waals surface area contributed by atoms with E-state index >= 15 is 0 Å².